The fourth-order valence-electron chi connectivity index (χ4n) is 19.0. The van der Waals surface area contributed by atoms with Crippen LogP contribution in [0.2, 0.25) is 0 Å². The molecule has 7 heteroatoms. The summed E-state index contributed by atoms with van der Waals surface area (Å²) in [6.07, 6.45) is 121. The van der Waals surface area contributed by atoms with Crippen LogP contribution in [0.1, 0.15) is 587 Å². The Hall–Kier alpha value is -0.280. The maximum atomic E-state index is 9.14. The van der Waals surface area contributed by atoms with Crippen LogP contribution in [0.15, 0.2) is 65.8 Å². The quantitative estimate of drug-likeness (QED) is 0.0267. The summed E-state index contributed by atoms with van der Waals surface area (Å²) in [4.78, 5) is 9.43. The highest BCUT2D eigenvalue weighted by molar-refractivity contribution is 8.03. The Labute approximate surface area is 795 Å². The van der Waals surface area contributed by atoms with E-state index in [1.807, 2.05) is 0 Å². The first-order valence-corrected chi connectivity index (χ1v) is 61.9. The number of thioether (sulfide) groups is 6. The van der Waals surface area contributed by atoms with Gasteiger partial charge in [-0.05, 0) is 148 Å². The van der Waals surface area contributed by atoms with Gasteiger partial charge in [0.1, 0.15) is 0 Å². The van der Waals surface area contributed by atoms with E-state index in [9.17, 15) is 0 Å². The minimum absolute atomic E-state index is 0.361. The maximum absolute atomic E-state index is 9.14. The summed E-state index contributed by atoms with van der Waals surface area (Å²) >= 11 is 13.4. The summed E-state index contributed by atoms with van der Waals surface area (Å²) < 4.78 is 0. The van der Waals surface area contributed by atoms with Crippen LogP contribution in [0, 0.1) is 0 Å². The first kappa shape index (κ1) is 115. The Bertz CT molecular complexity index is 2440. The third-order valence-corrected chi connectivity index (χ3v) is 34.4. The molecule has 0 aliphatic rings. The van der Waals surface area contributed by atoms with E-state index < -0.39 is 0 Å². The van der Waals surface area contributed by atoms with Gasteiger partial charge in [-0.3, -0.25) is 0 Å². The van der Waals surface area contributed by atoms with E-state index in [2.05, 4.69) is 142 Å². The summed E-state index contributed by atoms with van der Waals surface area (Å²) in [5.41, 5.74) is 0. The van der Waals surface area contributed by atoms with Crippen LogP contribution in [0.5, 0.6) is 0 Å². The van der Waals surface area contributed by atoms with Gasteiger partial charge in [-0.1, -0.05) is 542 Å². The minimum atomic E-state index is 0.361. The third kappa shape index (κ3) is 64.3. The van der Waals surface area contributed by atoms with Gasteiger partial charge in [0.05, 0.1) is 0 Å². The molecule has 0 amide bonds. The van der Waals surface area contributed by atoms with Crippen LogP contribution < -0.4 is 0 Å². The minimum Gasteiger partial charge on any atom is -0.396 e. The highest BCUT2D eigenvalue weighted by atomic mass is 32.2. The molecule has 123 heavy (non-hydrogen) atoms. The molecule has 0 radical (unpaired) electrons. The zero-order valence-corrected chi connectivity index (χ0v) is 88.0. The second-order valence-corrected chi connectivity index (χ2v) is 45.8. The predicted molar refractivity (Wildman–Crippen MR) is 576 cm³/mol. The SMILES string of the molecule is CCCCCCCCCCCCCCCCSc1cc2c3cc(SCCCCCCCCCCCCCCCC)c(SCCCCCCCCCCCCCCCC)cc3c3cc(SCCCCCCCCCCCCCCCCCCO)c(SCCCCCCCCCCCCCCCC)cc3c2cc1SCCCCCCCCCCCCCCCC. The van der Waals surface area contributed by atoms with Gasteiger partial charge in [0.2, 0.25) is 0 Å². The number of aliphatic hydroxyl groups excluding tert-OH is 1. The number of rotatable bonds is 99. The van der Waals surface area contributed by atoms with Crippen LogP contribution in [-0.2, 0) is 0 Å². The summed E-state index contributed by atoms with van der Waals surface area (Å²) in [5, 5.41) is 18.3. The molecule has 0 atom stereocenters. The molecular formula is C116H208OS6. The Morgan fingerprint density at radius 2 is 0.220 bits per heavy atom. The smallest absolute Gasteiger partial charge is 0.0431 e. The van der Waals surface area contributed by atoms with Gasteiger partial charge >= 0.3 is 0 Å². The molecule has 4 aromatic rings. The van der Waals surface area contributed by atoms with E-state index >= 15 is 0 Å². The van der Waals surface area contributed by atoms with E-state index in [1.54, 1.807) is 29.4 Å². The van der Waals surface area contributed by atoms with Crippen molar-refractivity contribution in [1.29, 1.82) is 0 Å². The van der Waals surface area contributed by atoms with Crippen molar-refractivity contribution in [3.05, 3.63) is 36.4 Å². The molecule has 1 N–H and O–H groups in total. The maximum Gasteiger partial charge on any atom is 0.0431 e. The topological polar surface area (TPSA) is 20.2 Å². The van der Waals surface area contributed by atoms with Crippen molar-refractivity contribution in [3.8, 4) is 0 Å². The second-order valence-electron chi connectivity index (χ2n) is 39.0. The molecule has 0 fully saturated rings. The van der Waals surface area contributed by atoms with Gasteiger partial charge < -0.3 is 5.11 Å². The van der Waals surface area contributed by atoms with Gasteiger partial charge in [0, 0.05) is 36.0 Å². The van der Waals surface area contributed by atoms with Crippen LogP contribution in [0.4, 0.5) is 0 Å². The summed E-state index contributed by atoms with van der Waals surface area (Å²) in [7, 11) is 0. The molecule has 0 aliphatic carbocycles. The monoisotopic (exact) mass is 1810 g/mol. The summed E-state index contributed by atoms with van der Waals surface area (Å²) in [6, 6.07) is 16.7. The third-order valence-electron chi connectivity index (χ3n) is 27.2. The lowest BCUT2D eigenvalue weighted by molar-refractivity contribution is 0.282. The lowest BCUT2D eigenvalue weighted by Crippen LogP contribution is -1.94. The molecule has 0 spiro atoms. The first-order chi connectivity index (χ1) is 61.1. The van der Waals surface area contributed by atoms with E-state index in [-0.39, 0.29) is 0 Å². The van der Waals surface area contributed by atoms with Gasteiger partial charge in [-0.15, -0.1) is 70.6 Å². The normalized spacial score (nSPS) is 12.0. The largest absolute Gasteiger partial charge is 0.396 e. The number of hydrogen-bond donors (Lipinski definition) is 1. The van der Waals surface area contributed by atoms with E-state index in [1.165, 1.54) is 613 Å². The number of unbranched alkanes of at least 4 members (excludes halogenated alkanes) is 80. The number of hydrogen-bond acceptors (Lipinski definition) is 7. The molecule has 0 saturated heterocycles. The van der Waals surface area contributed by atoms with Gasteiger partial charge in [-0.2, -0.15) is 0 Å². The van der Waals surface area contributed by atoms with E-state index in [4.69, 9.17) is 5.11 Å². The average Bonchev–Trinajstić information content (AvgIpc) is 0.726. The predicted octanol–water partition coefficient (Wildman–Crippen LogP) is 44.3. The Morgan fingerprint density at radius 3 is 0.317 bits per heavy atom. The van der Waals surface area contributed by atoms with Crippen molar-refractivity contribution < 1.29 is 5.11 Å². The van der Waals surface area contributed by atoms with E-state index in [0.717, 1.165) is 6.42 Å². The van der Waals surface area contributed by atoms with Crippen LogP contribution in [0.25, 0.3) is 32.3 Å². The fraction of sp³-hybridized carbons (Fsp3) is 0.845. The Morgan fingerprint density at radius 1 is 0.130 bits per heavy atom. The van der Waals surface area contributed by atoms with Gasteiger partial charge in [0.15, 0.2) is 0 Å². The van der Waals surface area contributed by atoms with Crippen LogP contribution >= 0.6 is 70.6 Å². The zero-order valence-electron chi connectivity index (χ0n) is 83.1. The molecule has 714 valence electrons. The summed E-state index contributed by atoms with van der Waals surface area (Å²) in [6.45, 7) is 12.1. The van der Waals surface area contributed by atoms with Crippen molar-refractivity contribution >= 4 is 103 Å². The van der Waals surface area contributed by atoms with Crippen molar-refractivity contribution in [3.63, 3.8) is 0 Å². The van der Waals surface area contributed by atoms with E-state index in [0.29, 0.717) is 6.61 Å². The fourth-order valence-corrected chi connectivity index (χ4v) is 25.8. The second kappa shape index (κ2) is 89.6. The molecule has 0 aromatic heterocycles. The lowest BCUT2D eigenvalue weighted by atomic mass is 9.94. The molecule has 0 saturated carbocycles. The lowest BCUT2D eigenvalue weighted by Gasteiger charge is -2.20. The van der Waals surface area contributed by atoms with Crippen LogP contribution in [-0.4, -0.2) is 46.2 Å². The van der Waals surface area contributed by atoms with Crippen molar-refractivity contribution in [2.24, 2.45) is 0 Å². The zero-order chi connectivity index (χ0) is 87.2. The van der Waals surface area contributed by atoms with Gasteiger partial charge in [0.25, 0.3) is 0 Å². The highest BCUT2D eigenvalue weighted by Crippen LogP contribution is 2.48. The molecule has 0 aliphatic heterocycles. The first-order valence-electron chi connectivity index (χ1n) is 56.0. The molecule has 0 heterocycles. The van der Waals surface area contributed by atoms with Crippen molar-refractivity contribution in [1.82, 2.24) is 0 Å². The molecule has 1 nitrogen and oxygen atoms in total. The Kier molecular flexibility index (Phi) is 83.8. The molecular weight excluding hydrogens is 1600 g/mol. The molecule has 0 bridgehead atoms. The van der Waals surface area contributed by atoms with Crippen molar-refractivity contribution in [2.45, 2.75) is 616 Å². The Balaban J connectivity index is 1.71. The number of fused-ring (bicyclic) bond motifs is 6. The van der Waals surface area contributed by atoms with Crippen molar-refractivity contribution in [2.75, 3.05) is 41.1 Å². The number of aliphatic hydroxyl groups is 1. The van der Waals surface area contributed by atoms with Gasteiger partial charge in [-0.25, -0.2) is 0 Å². The average molecular weight is 1810 g/mol. The molecule has 4 rings (SSSR count). The standard InChI is InChI=1S/C116H208OS6/c1-6-11-16-21-26-31-36-41-51-58-65-72-79-86-93-118-111-99-105-106-100-112(119-94-87-80-73-66-59-52-42-37-32-27-22-17-12-7-2)114(121-96-89-82-75-68-61-54-44-39-34-29-24-19-14-9-4)102-108(106)110-104-116(123-98-91-84-77-70-63-56-49-47-46-48-50-57-64-71-78-85-92-117)115(122-97-90-83-76-69-62-55-45-40-35-30-25-20-15-10-5)103-109(110)107(105)101-113(111)120-95-88-81-74-67-60-53-43-38-33-28-23-18-13-8-3/h99-104,117H,6-98H2,1-5H3. The molecule has 4 aromatic carbocycles. The summed E-state index contributed by atoms with van der Waals surface area (Å²) in [5.74, 6) is 7.39. The van der Waals surface area contributed by atoms with Crippen LogP contribution in [0.3, 0.4) is 0 Å². The molecule has 0 unspecified atom stereocenters. The number of benzene rings is 4. The highest BCUT2D eigenvalue weighted by Gasteiger charge is 2.20.